The minimum Gasteiger partial charge on any atom is -0.481 e. The second-order valence-corrected chi connectivity index (χ2v) is 4.94. The Hall–Kier alpha value is -2.04. The van der Waals surface area contributed by atoms with Crippen LogP contribution >= 0.6 is 0 Å². The highest BCUT2D eigenvalue weighted by atomic mass is 16.4. The summed E-state index contributed by atoms with van der Waals surface area (Å²) in [6, 6.07) is 7.18. The first kappa shape index (κ1) is 13.4. The lowest BCUT2D eigenvalue weighted by atomic mass is 9.97. The second-order valence-electron chi connectivity index (χ2n) is 4.94. The Morgan fingerprint density at radius 3 is 2.63 bits per heavy atom. The minimum atomic E-state index is -0.815. The fourth-order valence-corrected chi connectivity index (χ4v) is 2.33. The zero-order valence-electron chi connectivity index (χ0n) is 10.7. The summed E-state index contributed by atoms with van der Waals surface area (Å²) < 4.78 is 0. The van der Waals surface area contributed by atoms with Gasteiger partial charge < -0.3 is 15.7 Å². The van der Waals surface area contributed by atoms with Gasteiger partial charge in [-0.2, -0.15) is 0 Å². The van der Waals surface area contributed by atoms with Gasteiger partial charge in [-0.1, -0.05) is 12.1 Å². The fourth-order valence-electron chi connectivity index (χ4n) is 2.33. The van der Waals surface area contributed by atoms with Crippen LogP contribution < -0.4 is 5.73 Å². The van der Waals surface area contributed by atoms with Gasteiger partial charge in [0.15, 0.2) is 0 Å². The van der Waals surface area contributed by atoms with E-state index in [4.69, 9.17) is 10.8 Å². The first-order valence-corrected chi connectivity index (χ1v) is 6.41. The summed E-state index contributed by atoms with van der Waals surface area (Å²) in [6.45, 7) is 0.973. The summed E-state index contributed by atoms with van der Waals surface area (Å²) >= 11 is 0. The molecular weight excluding hydrogens is 244 g/mol. The SMILES string of the molecule is Nc1ccc(CC(=O)N2CCC[C@H](C(=O)O)C2)cc1. The third kappa shape index (κ3) is 3.47. The molecule has 0 saturated carbocycles. The number of benzene rings is 1. The van der Waals surface area contributed by atoms with Crippen LogP contribution in [0.25, 0.3) is 0 Å². The number of carboxylic acids is 1. The molecule has 0 radical (unpaired) electrons. The number of hydrogen-bond acceptors (Lipinski definition) is 3. The molecule has 0 aliphatic carbocycles. The van der Waals surface area contributed by atoms with Crippen molar-refractivity contribution < 1.29 is 14.7 Å². The summed E-state index contributed by atoms with van der Waals surface area (Å²) in [6.07, 6.45) is 1.71. The van der Waals surface area contributed by atoms with E-state index in [0.29, 0.717) is 31.6 Å². The molecule has 102 valence electrons. The number of aliphatic carboxylic acids is 1. The van der Waals surface area contributed by atoms with E-state index in [0.717, 1.165) is 12.0 Å². The Kier molecular flexibility index (Phi) is 4.04. The van der Waals surface area contributed by atoms with Gasteiger partial charge in [-0.05, 0) is 30.5 Å². The molecule has 19 heavy (non-hydrogen) atoms. The van der Waals surface area contributed by atoms with E-state index in [-0.39, 0.29) is 5.91 Å². The van der Waals surface area contributed by atoms with Crippen molar-refractivity contribution >= 4 is 17.6 Å². The van der Waals surface area contributed by atoms with E-state index < -0.39 is 11.9 Å². The number of likely N-dealkylation sites (tertiary alicyclic amines) is 1. The van der Waals surface area contributed by atoms with Crippen LogP contribution in [0, 0.1) is 5.92 Å². The summed E-state index contributed by atoms with van der Waals surface area (Å²) in [5.41, 5.74) is 7.16. The molecule has 1 aromatic carbocycles. The van der Waals surface area contributed by atoms with E-state index >= 15 is 0 Å². The van der Waals surface area contributed by atoms with Gasteiger partial charge in [-0.15, -0.1) is 0 Å². The molecule has 3 N–H and O–H groups in total. The molecule has 0 unspecified atom stereocenters. The molecule has 1 atom stereocenters. The van der Waals surface area contributed by atoms with Crippen molar-refractivity contribution in [3.8, 4) is 0 Å². The molecule has 1 aliphatic heterocycles. The predicted molar refractivity (Wildman–Crippen MR) is 71.5 cm³/mol. The highest BCUT2D eigenvalue weighted by molar-refractivity contribution is 5.80. The molecule has 1 fully saturated rings. The fraction of sp³-hybridized carbons (Fsp3) is 0.429. The molecule has 2 rings (SSSR count). The van der Waals surface area contributed by atoms with Crippen LogP contribution in [0.3, 0.4) is 0 Å². The number of nitrogens with zero attached hydrogens (tertiary/aromatic N) is 1. The highest BCUT2D eigenvalue weighted by Crippen LogP contribution is 2.18. The van der Waals surface area contributed by atoms with Crippen LogP contribution in [0.2, 0.25) is 0 Å². The molecule has 1 saturated heterocycles. The zero-order valence-corrected chi connectivity index (χ0v) is 10.7. The van der Waals surface area contributed by atoms with Crippen molar-refractivity contribution in [3.63, 3.8) is 0 Å². The van der Waals surface area contributed by atoms with E-state index in [1.54, 1.807) is 17.0 Å². The van der Waals surface area contributed by atoms with Crippen LogP contribution in [-0.4, -0.2) is 35.0 Å². The number of amides is 1. The Balaban J connectivity index is 1.96. The number of nitrogens with two attached hydrogens (primary N) is 1. The van der Waals surface area contributed by atoms with Crippen LogP contribution in [0.15, 0.2) is 24.3 Å². The van der Waals surface area contributed by atoms with Crippen LogP contribution in [0.4, 0.5) is 5.69 Å². The Morgan fingerprint density at radius 1 is 1.32 bits per heavy atom. The standard InChI is InChI=1S/C14H18N2O3/c15-12-5-3-10(4-6-12)8-13(17)16-7-1-2-11(9-16)14(18)19/h3-6,11H,1-2,7-9,15H2,(H,18,19)/t11-/m0/s1. The second kappa shape index (κ2) is 5.73. The quantitative estimate of drug-likeness (QED) is 0.800. The third-order valence-electron chi connectivity index (χ3n) is 3.46. The van der Waals surface area contributed by atoms with Gasteiger partial charge in [0, 0.05) is 18.8 Å². The van der Waals surface area contributed by atoms with E-state index in [1.165, 1.54) is 0 Å². The van der Waals surface area contributed by atoms with Gasteiger partial charge in [-0.25, -0.2) is 0 Å². The van der Waals surface area contributed by atoms with Gasteiger partial charge in [0.2, 0.25) is 5.91 Å². The predicted octanol–water partition coefficient (Wildman–Crippen LogP) is 1.13. The zero-order chi connectivity index (χ0) is 13.8. The van der Waals surface area contributed by atoms with Gasteiger partial charge in [0.05, 0.1) is 12.3 Å². The molecular formula is C14H18N2O3. The highest BCUT2D eigenvalue weighted by Gasteiger charge is 2.27. The van der Waals surface area contributed by atoms with Crippen molar-refractivity contribution in [1.82, 2.24) is 4.90 Å². The number of carboxylic acid groups (broad SMARTS) is 1. The molecule has 1 amide bonds. The van der Waals surface area contributed by atoms with E-state index in [9.17, 15) is 9.59 Å². The number of carbonyl (C=O) groups is 2. The van der Waals surface area contributed by atoms with Crippen molar-refractivity contribution in [2.24, 2.45) is 5.92 Å². The van der Waals surface area contributed by atoms with Crippen LogP contribution in [0.5, 0.6) is 0 Å². The Bertz CT molecular complexity index is 470. The molecule has 1 heterocycles. The van der Waals surface area contributed by atoms with Crippen molar-refractivity contribution in [2.45, 2.75) is 19.3 Å². The van der Waals surface area contributed by atoms with Crippen molar-refractivity contribution in [1.29, 1.82) is 0 Å². The monoisotopic (exact) mass is 262 g/mol. The normalized spacial score (nSPS) is 19.2. The minimum absolute atomic E-state index is 0.0179. The first-order chi connectivity index (χ1) is 9.06. The summed E-state index contributed by atoms with van der Waals surface area (Å²) in [5, 5.41) is 9.01. The molecule has 5 heteroatoms. The van der Waals surface area contributed by atoms with Crippen molar-refractivity contribution in [3.05, 3.63) is 29.8 Å². The maximum absolute atomic E-state index is 12.1. The number of rotatable bonds is 3. The number of carbonyl (C=O) groups excluding carboxylic acids is 1. The average molecular weight is 262 g/mol. The van der Waals surface area contributed by atoms with Crippen LogP contribution in [-0.2, 0) is 16.0 Å². The lowest BCUT2D eigenvalue weighted by molar-refractivity contribution is -0.145. The molecule has 0 bridgehead atoms. The average Bonchev–Trinajstić information content (AvgIpc) is 2.41. The van der Waals surface area contributed by atoms with Gasteiger partial charge in [0.1, 0.15) is 0 Å². The first-order valence-electron chi connectivity index (χ1n) is 6.41. The third-order valence-corrected chi connectivity index (χ3v) is 3.46. The van der Waals surface area contributed by atoms with E-state index in [1.807, 2.05) is 12.1 Å². The summed E-state index contributed by atoms with van der Waals surface area (Å²) in [4.78, 5) is 24.7. The van der Waals surface area contributed by atoms with E-state index in [2.05, 4.69) is 0 Å². The maximum atomic E-state index is 12.1. The summed E-state index contributed by atoms with van der Waals surface area (Å²) in [7, 11) is 0. The van der Waals surface area contributed by atoms with Gasteiger partial charge in [-0.3, -0.25) is 9.59 Å². The number of nitrogen functional groups attached to an aromatic ring is 1. The number of piperidine rings is 1. The Morgan fingerprint density at radius 2 is 2.00 bits per heavy atom. The smallest absolute Gasteiger partial charge is 0.308 e. The largest absolute Gasteiger partial charge is 0.481 e. The molecule has 5 nitrogen and oxygen atoms in total. The van der Waals surface area contributed by atoms with Gasteiger partial charge in [0.25, 0.3) is 0 Å². The molecule has 1 aromatic rings. The lowest BCUT2D eigenvalue weighted by Crippen LogP contribution is -2.42. The Labute approximate surface area is 112 Å². The topological polar surface area (TPSA) is 83.6 Å². The maximum Gasteiger partial charge on any atom is 0.308 e. The van der Waals surface area contributed by atoms with Crippen LogP contribution in [0.1, 0.15) is 18.4 Å². The lowest BCUT2D eigenvalue weighted by Gasteiger charge is -2.30. The van der Waals surface area contributed by atoms with Gasteiger partial charge >= 0.3 is 5.97 Å². The van der Waals surface area contributed by atoms with Crippen molar-refractivity contribution in [2.75, 3.05) is 18.8 Å². The molecule has 0 spiro atoms. The molecule has 1 aliphatic rings. The molecule has 0 aromatic heterocycles. The number of anilines is 1. The number of hydrogen-bond donors (Lipinski definition) is 2. The summed E-state index contributed by atoms with van der Waals surface area (Å²) in [5.74, 6) is -1.26.